The molecule has 3 aromatic rings. The second kappa shape index (κ2) is 5.27. The predicted molar refractivity (Wildman–Crippen MR) is 79.7 cm³/mol. The highest BCUT2D eigenvalue weighted by atomic mass is 79.9. The van der Waals surface area contributed by atoms with E-state index < -0.39 is 0 Å². The molecule has 0 fully saturated rings. The maximum atomic E-state index is 9.02. The molecule has 0 saturated heterocycles. The van der Waals surface area contributed by atoms with Crippen molar-refractivity contribution < 1.29 is 0 Å². The van der Waals surface area contributed by atoms with E-state index in [2.05, 4.69) is 31.3 Å². The van der Waals surface area contributed by atoms with E-state index in [-0.39, 0.29) is 0 Å². The number of nitrogens with one attached hydrogen (secondary N) is 1. The lowest BCUT2D eigenvalue weighted by atomic mass is 10.0. The first-order valence-electron chi connectivity index (χ1n) is 5.96. The van der Waals surface area contributed by atoms with Gasteiger partial charge in [-0.1, -0.05) is 52.3 Å². The standard InChI is InChI=1S/C15H9BrN4/c16-13-7-2-1-6-12(13)10-4-3-5-11(8-10)15-14(9-17)18-20-19-15/h1-8H,(H,18,19,20). The van der Waals surface area contributed by atoms with Gasteiger partial charge < -0.3 is 0 Å². The smallest absolute Gasteiger partial charge is 0.190 e. The second-order valence-electron chi connectivity index (χ2n) is 4.19. The lowest BCUT2D eigenvalue weighted by Crippen LogP contribution is -1.85. The zero-order chi connectivity index (χ0) is 13.9. The average molecular weight is 325 g/mol. The van der Waals surface area contributed by atoms with Gasteiger partial charge in [0.2, 0.25) is 0 Å². The molecule has 0 aliphatic carbocycles. The van der Waals surface area contributed by atoms with Gasteiger partial charge in [-0.15, -0.1) is 5.10 Å². The normalized spacial score (nSPS) is 10.2. The zero-order valence-electron chi connectivity index (χ0n) is 10.3. The maximum absolute atomic E-state index is 9.02. The average Bonchev–Trinajstić information content (AvgIpc) is 2.96. The summed E-state index contributed by atoms with van der Waals surface area (Å²) in [7, 11) is 0. The number of aromatic nitrogens is 3. The van der Waals surface area contributed by atoms with Gasteiger partial charge in [-0.25, -0.2) is 0 Å². The highest BCUT2D eigenvalue weighted by molar-refractivity contribution is 9.10. The molecule has 5 heteroatoms. The van der Waals surface area contributed by atoms with Crippen molar-refractivity contribution in [3.8, 4) is 28.5 Å². The largest absolute Gasteiger partial charge is 0.196 e. The highest BCUT2D eigenvalue weighted by Gasteiger charge is 2.11. The Hall–Kier alpha value is -2.45. The first-order chi connectivity index (χ1) is 9.79. The second-order valence-corrected chi connectivity index (χ2v) is 5.05. The molecular weight excluding hydrogens is 316 g/mol. The molecule has 0 spiro atoms. The Balaban J connectivity index is 2.12. The van der Waals surface area contributed by atoms with Gasteiger partial charge in [-0.05, 0) is 23.3 Å². The van der Waals surface area contributed by atoms with Crippen LogP contribution in [0.1, 0.15) is 5.69 Å². The van der Waals surface area contributed by atoms with Gasteiger partial charge in [0.05, 0.1) is 0 Å². The fourth-order valence-corrected chi connectivity index (χ4v) is 2.55. The molecule has 2 aromatic carbocycles. The van der Waals surface area contributed by atoms with Gasteiger partial charge in [-0.3, -0.25) is 0 Å². The van der Waals surface area contributed by atoms with E-state index in [1.807, 2.05) is 54.6 Å². The van der Waals surface area contributed by atoms with Crippen LogP contribution in [-0.2, 0) is 0 Å². The van der Waals surface area contributed by atoms with Crippen LogP contribution in [0.3, 0.4) is 0 Å². The van der Waals surface area contributed by atoms with E-state index in [0.717, 1.165) is 21.2 Å². The summed E-state index contributed by atoms with van der Waals surface area (Å²) in [6.07, 6.45) is 0. The number of halogens is 1. The molecule has 0 aliphatic heterocycles. The molecule has 1 N–H and O–H groups in total. The topological polar surface area (TPSA) is 65.4 Å². The van der Waals surface area contributed by atoms with E-state index in [0.29, 0.717) is 11.4 Å². The van der Waals surface area contributed by atoms with Crippen LogP contribution in [0.2, 0.25) is 0 Å². The molecule has 20 heavy (non-hydrogen) atoms. The number of H-pyrrole nitrogens is 1. The third kappa shape index (κ3) is 2.22. The molecule has 1 heterocycles. The van der Waals surface area contributed by atoms with E-state index in [1.54, 1.807) is 0 Å². The van der Waals surface area contributed by atoms with E-state index in [4.69, 9.17) is 5.26 Å². The SMILES string of the molecule is N#Cc1n[nH]nc1-c1cccc(-c2ccccc2Br)c1. The van der Waals surface area contributed by atoms with Crippen molar-refractivity contribution >= 4 is 15.9 Å². The molecule has 0 saturated carbocycles. The predicted octanol–water partition coefficient (Wildman–Crippen LogP) is 3.77. The third-order valence-corrected chi connectivity index (χ3v) is 3.67. The molecule has 0 unspecified atom stereocenters. The van der Waals surface area contributed by atoms with Gasteiger partial charge in [-0.2, -0.15) is 15.6 Å². The van der Waals surface area contributed by atoms with E-state index in [9.17, 15) is 0 Å². The Morgan fingerprint density at radius 3 is 2.60 bits per heavy atom. The minimum atomic E-state index is 0.300. The molecule has 0 aliphatic rings. The monoisotopic (exact) mass is 324 g/mol. The quantitative estimate of drug-likeness (QED) is 0.780. The lowest BCUT2D eigenvalue weighted by Gasteiger charge is -2.06. The highest BCUT2D eigenvalue weighted by Crippen LogP contribution is 2.30. The Labute approximate surface area is 124 Å². The number of nitrogens with zero attached hydrogens (tertiary/aromatic N) is 3. The Morgan fingerprint density at radius 1 is 1.00 bits per heavy atom. The fourth-order valence-electron chi connectivity index (χ4n) is 2.04. The molecule has 0 amide bonds. The summed E-state index contributed by atoms with van der Waals surface area (Å²) in [5.41, 5.74) is 3.89. The van der Waals surface area contributed by atoms with Crippen molar-refractivity contribution in [1.29, 1.82) is 5.26 Å². The molecule has 1 aromatic heterocycles. The maximum Gasteiger partial charge on any atom is 0.190 e. The van der Waals surface area contributed by atoms with E-state index in [1.165, 1.54) is 0 Å². The van der Waals surface area contributed by atoms with Crippen LogP contribution >= 0.6 is 15.9 Å². The minimum absolute atomic E-state index is 0.300. The van der Waals surface area contributed by atoms with E-state index >= 15 is 0 Å². The van der Waals surface area contributed by atoms with Crippen molar-refractivity contribution in [1.82, 2.24) is 15.4 Å². The summed E-state index contributed by atoms with van der Waals surface area (Å²) < 4.78 is 1.03. The minimum Gasteiger partial charge on any atom is -0.196 e. The molecular formula is C15H9BrN4. The third-order valence-electron chi connectivity index (χ3n) is 2.97. The van der Waals surface area contributed by atoms with Gasteiger partial charge in [0, 0.05) is 10.0 Å². The van der Waals surface area contributed by atoms with Crippen molar-refractivity contribution in [2.45, 2.75) is 0 Å². The van der Waals surface area contributed by atoms with Crippen molar-refractivity contribution in [3.63, 3.8) is 0 Å². The Bertz CT molecular complexity index is 784. The number of benzene rings is 2. The Morgan fingerprint density at radius 2 is 1.80 bits per heavy atom. The summed E-state index contributed by atoms with van der Waals surface area (Å²) in [6, 6.07) is 17.9. The number of hydrogen-bond donors (Lipinski definition) is 1. The first kappa shape index (κ1) is 12.6. The van der Waals surface area contributed by atoms with Crippen molar-refractivity contribution in [2.24, 2.45) is 0 Å². The summed E-state index contributed by atoms with van der Waals surface area (Å²) in [5.74, 6) is 0. The van der Waals surface area contributed by atoms with Crippen LogP contribution in [0.25, 0.3) is 22.4 Å². The van der Waals surface area contributed by atoms with Gasteiger partial charge in [0.25, 0.3) is 0 Å². The van der Waals surface area contributed by atoms with Crippen LogP contribution < -0.4 is 0 Å². The number of hydrogen-bond acceptors (Lipinski definition) is 3. The van der Waals surface area contributed by atoms with Crippen molar-refractivity contribution in [2.75, 3.05) is 0 Å². The number of aromatic amines is 1. The zero-order valence-corrected chi connectivity index (χ0v) is 11.9. The summed E-state index contributed by atoms with van der Waals surface area (Å²) in [5, 5.41) is 19.4. The molecule has 4 nitrogen and oxygen atoms in total. The van der Waals surface area contributed by atoms with Crippen LogP contribution in [0.4, 0.5) is 0 Å². The number of nitriles is 1. The Kier molecular flexibility index (Phi) is 3.32. The van der Waals surface area contributed by atoms with Crippen molar-refractivity contribution in [3.05, 3.63) is 58.7 Å². The molecule has 3 rings (SSSR count). The lowest BCUT2D eigenvalue weighted by molar-refractivity contribution is 0.937. The van der Waals surface area contributed by atoms with Gasteiger partial charge in [0.15, 0.2) is 5.69 Å². The van der Waals surface area contributed by atoms with Crippen LogP contribution in [-0.4, -0.2) is 15.4 Å². The van der Waals surface area contributed by atoms with Gasteiger partial charge in [0.1, 0.15) is 11.8 Å². The van der Waals surface area contributed by atoms with Crippen LogP contribution in [0.5, 0.6) is 0 Å². The van der Waals surface area contributed by atoms with Gasteiger partial charge >= 0.3 is 0 Å². The molecule has 0 bridgehead atoms. The van der Waals surface area contributed by atoms with Crippen LogP contribution in [0, 0.1) is 11.3 Å². The molecule has 96 valence electrons. The molecule has 0 atom stereocenters. The summed E-state index contributed by atoms with van der Waals surface area (Å²) >= 11 is 3.55. The summed E-state index contributed by atoms with van der Waals surface area (Å²) in [4.78, 5) is 0. The number of rotatable bonds is 2. The molecule has 0 radical (unpaired) electrons. The van der Waals surface area contributed by atoms with Crippen LogP contribution in [0.15, 0.2) is 53.0 Å². The fraction of sp³-hybridized carbons (Fsp3) is 0. The summed E-state index contributed by atoms with van der Waals surface area (Å²) in [6.45, 7) is 0. The first-order valence-corrected chi connectivity index (χ1v) is 6.75.